The molecular weight excluding hydrogens is 354 g/mol. The summed E-state index contributed by atoms with van der Waals surface area (Å²) in [5.41, 5.74) is 3.36. The maximum Gasteiger partial charge on any atom is 0.204 e. The summed E-state index contributed by atoms with van der Waals surface area (Å²) < 4.78 is 18.6. The van der Waals surface area contributed by atoms with E-state index in [0.717, 1.165) is 24.5 Å². The van der Waals surface area contributed by atoms with Gasteiger partial charge in [0.1, 0.15) is 5.82 Å². The lowest BCUT2D eigenvalue weighted by Crippen LogP contribution is -2.10. The van der Waals surface area contributed by atoms with Gasteiger partial charge in [-0.3, -0.25) is 0 Å². The standard InChI is InChI=1S/C22H27N3O3/c1-24(2)14-16-6-8-17(9-7-16)15-25-13-12-23-22(25)18-10-11-19(26-3)21(28-5)20(18)27-4/h6-13H,14-15H2,1-5H3. The molecule has 6 nitrogen and oxygen atoms in total. The number of hydrogen-bond acceptors (Lipinski definition) is 5. The van der Waals surface area contributed by atoms with E-state index in [4.69, 9.17) is 14.2 Å². The Morgan fingerprint density at radius 2 is 1.54 bits per heavy atom. The third-order valence-corrected chi connectivity index (χ3v) is 4.54. The van der Waals surface area contributed by atoms with E-state index in [2.05, 4.69) is 52.8 Å². The zero-order valence-corrected chi connectivity index (χ0v) is 17.1. The fraction of sp³-hybridized carbons (Fsp3) is 0.318. The Balaban J connectivity index is 1.92. The highest BCUT2D eigenvalue weighted by Gasteiger charge is 2.20. The molecule has 0 amide bonds. The van der Waals surface area contributed by atoms with Gasteiger partial charge in [-0.05, 0) is 37.4 Å². The summed E-state index contributed by atoms with van der Waals surface area (Å²) in [6, 6.07) is 12.5. The van der Waals surface area contributed by atoms with Crippen molar-refractivity contribution in [1.82, 2.24) is 14.5 Å². The van der Waals surface area contributed by atoms with E-state index in [0.29, 0.717) is 17.2 Å². The second kappa shape index (κ2) is 8.80. The van der Waals surface area contributed by atoms with Crippen molar-refractivity contribution in [2.24, 2.45) is 0 Å². The predicted octanol–water partition coefficient (Wildman–Crippen LogP) is 3.69. The van der Waals surface area contributed by atoms with E-state index in [1.165, 1.54) is 11.1 Å². The Morgan fingerprint density at radius 1 is 0.857 bits per heavy atom. The van der Waals surface area contributed by atoms with Crippen LogP contribution in [-0.4, -0.2) is 49.9 Å². The highest BCUT2D eigenvalue weighted by atomic mass is 16.5. The summed E-state index contributed by atoms with van der Waals surface area (Å²) in [5.74, 6) is 2.61. The van der Waals surface area contributed by atoms with E-state index in [9.17, 15) is 0 Å². The maximum atomic E-state index is 5.63. The van der Waals surface area contributed by atoms with Gasteiger partial charge in [-0.2, -0.15) is 0 Å². The third-order valence-electron chi connectivity index (χ3n) is 4.54. The molecule has 3 aromatic rings. The van der Waals surface area contributed by atoms with E-state index in [1.54, 1.807) is 27.5 Å². The molecule has 0 atom stereocenters. The highest BCUT2D eigenvalue weighted by molar-refractivity contribution is 5.72. The van der Waals surface area contributed by atoms with Crippen molar-refractivity contribution in [3.8, 4) is 28.6 Å². The summed E-state index contributed by atoms with van der Waals surface area (Å²) in [5, 5.41) is 0. The van der Waals surface area contributed by atoms with Crippen LogP contribution in [0.1, 0.15) is 11.1 Å². The van der Waals surface area contributed by atoms with Crippen LogP contribution in [-0.2, 0) is 13.1 Å². The van der Waals surface area contributed by atoms with Crippen molar-refractivity contribution in [3.63, 3.8) is 0 Å². The molecule has 0 aliphatic heterocycles. The zero-order chi connectivity index (χ0) is 20.1. The Kier molecular flexibility index (Phi) is 6.21. The first-order valence-corrected chi connectivity index (χ1v) is 9.10. The maximum absolute atomic E-state index is 5.63. The minimum atomic E-state index is 0.560. The largest absolute Gasteiger partial charge is 0.493 e. The SMILES string of the molecule is COc1ccc(-c2nccn2Cc2ccc(CN(C)C)cc2)c(OC)c1OC. The molecule has 0 spiro atoms. The second-order valence-corrected chi connectivity index (χ2v) is 6.81. The molecule has 0 saturated carbocycles. The van der Waals surface area contributed by atoms with Gasteiger partial charge in [0.25, 0.3) is 0 Å². The summed E-state index contributed by atoms with van der Waals surface area (Å²) in [7, 11) is 8.98. The summed E-state index contributed by atoms with van der Waals surface area (Å²) in [6.45, 7) is 1.65. The molecule has 1 heterocycles. The third kappa shape index (κ3) is 4.12. The molecule has 0 aliphatic rings. The molecule has 0 bridgehead atoms. The molecule has 2 aromatic carbocycles. The molecule has 1 aromatic heterocycles. The van der Waals surface area contributed by atoms with Gasteiger partial charge < -0.3 is 23.7 Å². The lowest BCUT2D eigenvalue weighted by Gasteiger charge is -2.16. The first-order valence-electron chi connectivity index (χ1n) is 9.10. The van der Waals surface area contributed by atoms with Gasteiger partial charge in [0.15, 0.2) is 11.5 Å². The quantitative estimate of drug-likeness (QED) is 0.596. The molecule has 148 valence electrons. The lowest BCUT2D eigenvalue weighted by molar-refractivity contribution is 0.325. The van der Waals surface area contributed by atoms with Gasteiger partial charge in [0.05, 0.1) is 26.9 Å². The molecule has 0 radical (unpaired) electrons. The van der Waals surface area contributed by atoms with Crippen LogP contribution >= 0.6 is 0 Å². The van der Waals surface area contributed by atoms with E-state index < -0.39 is 0 Å². The average molecular weight is 381 g/mol. The van der Waals surface area contributed by atoms with Gasteiger partial charge in [-0.25, -0.2) is 4.98 Å². The van der Waals surface area contributed by atoms with Crippen LogP contribution < -0.4 is 14.2 Å². The number of aromatic nitrogens is 2. The summed E-state index contributed by atoms with van der Waals surface area (Å²) in [6.07, 6.45) is 3.77. The normalized spacial score (nSPS) is 10.9. The van der Waals surface area contributed by atoms with Crippen LogP contribution in [0.15, 0.2) is 48.8 Å². The van der Waals surface area contributed by atoms with Crippen LogP contribution in [0.4, 0.5) is 0 Å². The first kappa shape index (κ1) is 19.8. The minimum absolute atomic E-state index is 0.560. The average Bonchev–Trinajstić information content (AvgIpc) is 3.15. The van der Waals surface area contributed by atoms with Crippen molar-refractivity contribution in [1.29, 1.82) is 0 Å². The molecule has 0 fully saturated rings. The van der Waals surface area contributed by atoms with Crippen molar-refractivity contribution < 1.29 is 14.2 Å². The fourth-order valence-electron chi connectivity index (χ4n) is 3.27. The van der Waals surface area contributed by atoms with Crippen LogP contribution in [0.25, 0.3) is 11.4 Å². The summed E-state index contributed by atoms with van der Waals surface area (Å²) in [4.78, 5) is 6.72. The van der Waals surface area contributed by atoms with Gasteiger partial charge in [-0.1, -0.05) is 24.3 Å². The smallest absolute Gasteiger partial charge is 0.204 e. The molecule has 28 heavy (non-hydrogen) atoms. The molecule has 0 N–H and O–H groups in total. The van der Waals surface area contributed by atoms with Crippen molar-refractivity contribution in [2.45, 2.75) is 13.1 Å². The number of methoxy groups -OCH3 is 3. The number of hydrogen-bond donors (Lipinski definition) is 0. The Bertz CT molecular complexity index is 917. The van der Waals surface area contributed by atoms with E-state index in [1.807, 2.05) is 18.3 Å². The fourth-order valence-corrected chi connectivity index (χ4v) is 3.27. The highest BCUT2D eigenvalue weighted by Crippen LogP contribution is 2.43. The van der Waals surface area contributed by atoms with Crippen molar-refractivity contribution in [3.05, 3.63) is 59.9 Å². The topological polar surface area (TPSA) is 48.8 Å². The van der Waals surface area contributed by atoms with Crippen molar-refractivity contribution in [2.75, 3.05) is 35.4 Å². The molecule has 0 unspecified atom stereocenters. The zero-order valence-electron chi connectivity index (χ0n) is 17.1. The summed E-state index contributed by atoms with van der Waals surface area (Å²) >= 11 is 0. The van der Waals surface area contributed by atoms with Crippen LogP contribution in [0, 0.1) is 0 Å². The van der Waals surface area contributed by atoms with Gasteiger partial charge in [0.2, 0.25) is 5.75 Å². The van der Waals surface area contributed by atoms with Crippen LogP contribution in [0.3, 0.4) is 0 Å². The number of rotatable bonds is 8. The van der Waals surface area contributed by atoms with E-state index in [-0.39, 0.29) is 0 Å². The Labute approximate surface area is 166 Å². The number of nitrogens with zero attached hydrogens (tertiary/aromatic N) is 3. The molecule has 0 saturated heterocycles. The molecule has 3 rings (SSSR count). The molecular formula is C22H27N3O3. The first-order chi connectivity index (χ1) is 13.6. The van der Waals surface area contributed by atoms with Crippen LogP contribution in [0.5, 0.6) is 17.2 Å². The Morgan fingerprint density at radius 3 is 2.14 bits per heavy atom. The van der Waals surface area contributed by atoms with Gasteiger partial charge >= 0.3 is 0 Å². The van der Waals surface area contributed by atoms with Gasteiger partial charge in [-0.15, -0.1) is 0 Å². The predicted molar refractivity (Wildman–Crippen MR) is 110 cm³/mol. The van der Waals surface area contributed by atoms with E-state index >= 15 is 0 Å². The van der Waals surface area contributed by atoms with Gasteiger partial charge in [0, 0.05) is 25.5 Å². The van der Waals surface area contributed by atoms with Crippen molar-refractivity contribution >= 4 is 0 Å². The monoisotopic (exact) mass is 381 g/mol. The van der Waals surface area contributed by atoms with Crippen LogP contribution in [0.2, 0.25) is 0 Å². The number of imidazole rings is 1. The lowest BCUT2D eigenvalue weighted by atomic mass is 10.1. The molecule has 6 heteroatoms. The molecule has 0 aliphatic carbocycles. The second-order valence-electron chi connectivity index (χ2n) is 6.81. The Hall–Kier alpha value is -2.99. The minimum Gasteiger partial charge on any atom is -0.493 e. The number of benzene rings is 2. The number of ether oxygens (including phenoxy) is 3.